The lowest BCUT2D eigenvalue weighted by Gasteiger charge is -2.43. The second-order valence-electron chi connectivity index (χ2n) is 9.21. The predicted molar refractivity (Wildman–Crippen MR) is 140 cm³/mol. The number of hydrogen-bond donors (Lipinski definition) is 0. The van der Waals surface area contributed by atoms with Gasteiger partial charge in [-0.05, 0) is 30.7 Å². The minimum absolute atomic E-state index is 0.0263. The summed E-state index contributed by atoms with van der Waals surface area (Å²) < 4.78 is 5.20. The number of hydrazine groups is 1. The molecule has 0 saturated heterocycles. The zero-order valence-corrected chi connectivity index (χ0v) is 22.0. The fraction of sp³-hybridized carbons (Fsp3) is 0.357. The Bertz CT molecular complexity index is 1130. The van der Waals surface area contributed by atoms with Crippen molar-refractivity contribution < 1.29 is 23.9 Å². The van der Waals surface area contributed by atoms with Crippen molar-refractivity contribution in [2.45, 2.75) is 58.4 Å². The molecule has 1 heterocycles. The third-order valence-electron chi connectivity index (χ3n) is 5.63. The van der Waals surface area contributed by atoms with E-state index in [1.807, 2.05) is 79.9 Å². The Morgan fingerprint density at radius 1 is 0.972 bits per heavy atom. The van der Waals surface area contributed by atoms with Gasteiger partial charge in [0.2, 0.25) is 5.91 Å². The highest BCUT2D eigenvalue weighted by molar-refractivity contribution is 8.03. The van der Waals surface area contributed by atoms with Gasteiger partial charge in [0.1, 0.15) is 6.04 Å². The molecule has 2 aromatic carbocycles. The normalized spacial score (nSPS) is 16.5. The van der Waals surface area contributed by atoms with Crippen molar-refractivity contribution in [2.24, 2.45) is 5.92 Å². The van der Waals surface area contributed by atoms with Gasteiger partial charge in [-0.15, -0.1) is 11.8 Å². The van der Waals surface area contributed by atoms with Crippen LogP contribution in [0.3, 0.4) is 0 Å². The molecule has 3 rings (SSSR count). The number of ether oxygens (including phenoxy) is 1. The number of carbonyl (C=O) groups excluding carboxylic acids is 4. The minimum Gasteiger partial charge on any atom is -0.457 e. The van der Waals surface area contributed by atoms with Gasteiger partial charge < -0.3 is 4.74 Å². The summed E-state index contributed by atoms with van der Waals surface area (Å²) in [5.74, 6) is -2.81. The van der Waals surface area contributed by atoms with E-state index in [2.05, 4.69) is 0 Å². The third kappa shape index (κ3) is 6.23. The van der Waals surface area contributed by atoms with Crippen molar-refractivity contribution in [1.29, 1.82) is 0 Å². The highest BCUT2D eigenvalue weighted by Crippen LogP contribution is 2.37. The maximum Gasteiger partial charge on any atom is 0.377 e. The summed E-state index contributed by atoms with van der Waals surface area (Å²) in [6, 6.07) is 17.0. The van der Waals surface area contributed by atoms with Crippen molar-refractivity contribution in [1.82, 2.24) is 10.0 Å². The molecule has 0 N–H and O–H groups in total. The molecule has 0 radical (unpaired) electrons. The first-order valence-corrected chi connectivity index (χ1v) is 12.9. The largest absolute Gasteiger partial charge is 0.457 e. The Labute approximate surface area is 216 Å². The van der Waals surface area contributed by atoms with Crippen LogP contribution in [0.2, 0.25) is 0 Å². The fourth-order valence-corrected chi connectivity index (χ4v) is 5.03. The van der Waals surface area contributed by atoms with Crippen LogP contribution in [-0.4, -0.2) is 51.0 Å². The monoisotopic (exact) mass is 508 g/mol. The van der Waals surface area contributed by atoms with E-state index >= 15 is 0 Å². The Morgan fingerprint density at radius 2 is 1.56 bits per heavy atom. The van der Waals surface area contributed by atoms with E-state index in [-0.39, 0.29) is 18.2 Å². The topological polar surface area (TPSA) is 84.0 Å². The molecule has 0 fully saturated rings. The maximum absolute atomic E-state index is 13.9. The molecule has 1 aliphatic rings. The second kappa shape index (κ2) is 12.0. The highest BCUT2D eigenvalue weighted by Gasteiger charge is 2.44. The maximum atomic E-state index is 13.9. The number of rotatable bonds is 9. The summed E-state index contributed by atoms with van der Waals surface area (Å²) in [6.07, 6.45) is -0.472. The van der Waals surface area contributed by atoms with Crippen molar-refractivity contribution >= 4 is 41.0 Å². The van der Waals surface area contributed by atoms with Crippen LogP contribution in [0.25, 0.3) is 5.70 Å². The molecule has 0 bridgehead atoms. The quantitative estimate of drug-likeness (QED) is 0.367. The second-order valence-corrected chi connectivity index (χ2v) is 10.2. The molecule has 0 spiro atoms. The fourth-order valence-electron chi connectivity index (χ4n) is 3.98. The molecular formula is C28H32N2O5S. The predicted octanol–water partition coefficient (Wildman–Crippen LogP) is 4.48. The molecule has 2 atom stereocenters. The van der Waals surface area contributed by atoms with Crippen LogP contribution in [-0.2, 0) is 30.3 Å². The van der Waals surface area contributed by atoms with Gasteiger partial charge in [-0.25, -0.2) is 14.8 Å². The number of carbonyl (C=O) groups is 4. The average molecular weight is 509 g/mol. The lowest BCUT2D eigenvalue weighted by Crippen LogP contribution is -2.60. The van der Waals surface area contributed by atoms with Crippen molar-refractivity contribution in [3.8, 4) is 0 Å². The van der Waals surface area contributed by atoms with Gasteiger partial charge in [0.05, 0.1) is 17.1 Å². The van der Waals surface area contributed by atoms with Crippen molar-refractivity contribution in [3.63, 3.8) is 0 Å². The first-order chi connectivity index (χ1) is 17.1. The van der Waals surface area contributed by atoms with Crippen LogP contribution in [0.4, 0.5) is 0 Å². The molecule has 2 aromatic rings. The molecular weight excluding hydrogens is 476 g/mol. The number of amides is 2. The van der Waals surface area contributed by atoms with Crippen LogP contribution < -0.4 is 0 Å². The number of ketones is 1. The molecule has 1 unspecified atom stereocenters. The zero-order valence-electron chi connectivity index (χ0n) is 21.2. The summed E-state index contributed by atoms with van der Waals surface area (Å²) in [6.45, 7) is 8.45. The van der Waals surface area contributed by atoms with E-state index in [4.69, 9.17) is 4.74 Å². The van der Waals surface area contributed by atoms with E-state index in [0.29, 0.717) is 11.3 Å². The lowest BCUT2D eigenvalue weighted by molar-refractivity contribution is -0.169. The molecule has 0 saturated carbocycles. The van der Waals surface area contributed by atoms with Crippen LogP contribution in [0.5, 0.6) is 0 Å². The molecule has 190 valence electrons. The number of Topliss-reactive ketones (excluding diaryl/α,β-unsaturated/α-hetero) is 1. The van der Waals surface area contributed by atoms with Gasteiger partial charge >= 0.3 is 5.97 Å². The zero-order chi connectivity index (χ0) is 26.4. The molecule has 2 amide bonds. The van der Waals surface area contributed by atoms with E-state index in [0.717, 1.165) is 10.6 Å². The van der Waals surface area contributed by atoms with Gasteiger partial charge in [-0.1, -0.05) is 74.5 Å². The number of esters is 1. The molecule has 8 heteroatoms. The Kier molecular flexibility index (Phi) is 9.09. The summed E-state index contributed by atoms with van der Waals surface area (Å²) in [5.41, 5.74) is 1.92. The van der Waals surface area contributed by atoms with Crippen LogP contribution >= 0.6 is 11.8 Å². The smallest absolute Gasteiger partial charge is 0.377 e. The SMILES string of the molecule is CC(=O)N([C@@H](Cc1ccccc1)C(=O)C(=O)OC(C)C)N1C(=O)C(C(C)C)SC=C1c1ccccc1. The third-order valence-corrected chi connectivity index (χ3v) is 7.03. The summed E-state index contributed by atoms with van der Waals surface area (Å²) >= 11 is 1.39. The van der Waals surface area contributed by atoms with E-state index in [1.54, 1.807) is 13.8 Å². The lowest BCUT2D eigenvalue weighted by atomic mass is 10.0. The summed E-state index contributed by atoms with van der Waals surface area (Å²) in [7, 11) is 0. The molecule has 36 heavy (non-hydrogen) atoms. The van der Waals surface area contributed by atoms with Gasteiger partial charge in [-0.3, -0.25) is 14.4 Å². The van der Waals surface area contributed by atoms with E-state index in [1.165, 1.54) is 23.7 Å². The van der Waals surface area contributed by atoms with Gasteiger partial charge in [0, 0.05) is 18.9 Å². The summed E-state index contributed by atoms with van der Waals surface area (Å²) in [5, 5.41) is 3.79. The molecule has 7 nitrogen and oxygen atoms in total. The standard InChI is InChI=1S/C28H32N2O5S/c1-18(2)26-27(33)30(24(17-36-26)22-14-10-7-11-15-22)29(20(5)31)23(16-21-12-8-6-9-13-21)25(32)28(34)35-19(3)4/h6-15,17-19,23,26H,16H2,1-5H3/t23-,26?/m0/s1. The number of nitrogens with zero attached hydrogens (tertiary/aromatic N) is 2. The summed E-state index contributed by atoms with van der Waals surface area (Å²) in [4.78, 5) is 53.4. The van der Waals surface area contributed by atoms with E-state index in [9.17, 15) is 19.2 Å². The Balaban J connectivity index is 2.16. The highest BCUT2D eigenvalue weighted by atomic mass is 32.2. The molecule has 1 aliphatic heterocycles. The number of thioether (sulfide) groups is 1. The van der Waals surface area contributed by atoms with Crippen molar-refractivity contribution in [3.05, 3.63) is 77.2 Å². The Hall–Kier alpha value is -3.39. The van der Waals surface area contributed by atoms with Crippen LogP contribution in [0.1, 0.15) is 45.7 Å². The Morgan fingerprint density at radius 3 is 2.08 bits per heavy atom. The molecule has 0 aromatic heterocycles. The first kappa shape index (κ1) is 27.2. The minimum atomic E-state index is -1.27. The number of hydrogen-bond acceptors (Lipinski definition) is 6. The number of benzene rings is 2. The van der Waals surface area contributed by atoms with Crippen molar-refractivity contribution in [2.75, 3.05) is 0 Å². The van der Waals surface area contributed by atoms with Gasteiger partial charge in [0.15, 0.2) is 0 Å². The van der Waals surface area contributed by atoms with Gasteiger partial charge in [-0.2, -0.15) is 0 Å². The van der Waals surface area contributed by atoms with Crippen LogP contribution in [0, 0.1) is 5.92 Å². The van der Waals surface area contributed by atoms with Crippen LogP contribution in [0.15, 0.2) is 66.1 Å². The molecule has 0 aliphatic carbocycles. The van der Waals surface area contributed by atoms with Gasteiger partial charge in [0.25, 0.3) is 11.7 Å². The van der Waals surface area contributed by atoms with E-state index < -0.39 is 35.1 Å². The first-order valence-electron chi connectivity index (χ1n) is 11.9. The average Bonchev–Trinajstić information content (AvgIpc) is 2.84.